The van der Waals surface area contributed by atoms with Gasteiger partial charge in [0.25, 0.3) is 0 Å². The second-order valence-corrected chi connectivity index (χ2v) is 6.74. The molecule has 0 radical (unpaired) electrons. The molecule has 2 rings (SSSR count). The molecule has 1 atom stereocenters. The third-order valence-corrected chi connectivity index (χ3v) is 5.80. The maximum absolute atomic E-state index is 12.5. The van der Waals surface area contributed by atoms with Crippen molar-refractivity contribution in [3.05, 3.63) is 28.8 Å². The summed E-state index contributed by atoms with van der Waals surface area (Å²) in [6, 6.07) is 3.71. The van der Waals surface area contributed by atoms with E-state index in [0.29, 0.717) is 18.4 Å². The lowest BCUT2D eigenvalue weighted by atomic mass is 10.2. The molecule has 104 valence electrons. The lowest BCUT2D eigenvalue weighted by Gasteiger charge is -2.21. The van der Waals surface area contributed by atoms with Crippen molar-refractivity contribution in [2.45, 2.75) is 30.7 Å². The van der Waals surface area contributed by atoms with Crippen LogP contribution in [0.2, 0.25) is 5.02 Å². The number of rotatable bonds is 3. The van der Waals surface area contributed by atoms with Crippen LogP contribution in [0.5, 0.6) is 0 Å². The van der Waals surface area contributed by atoms with E-state index in [9.17, 15) is 13.2 Å². The van der Waals surface area contributed by atoms with Gasteiger partial charge < -0.3 is 5.11 Å². The van der Waals surface area contributed by atoms with Crippen molar-refractivity contribution in [2.24, 2.45) is 0 Å². The van der Waals surface area contributed by atoms with E-state index in [1.54, 1.807) is 19.1 Å². The molecule has 0 bridgehead atoms. The molecule has 0 unspecified atom stereocenters. The SMILES string of the molecule is Cc1cccc(S(=O)(=O)N2CCC[C@@H]2C(=O)O)c1Cl. The largest absolute Gasteiger partial charge is 0.480 e. The van der Waals surface area contributed by atoms with Crippen LogP contribution in [0, 0.1) is 6.92 Å². The third-order valence-electron chi connectivity index (χ3n) is 3.23. The van der Waals surface area contributed by atoms with Gasteiger partial charge in [-0.15, -0.1) is 0 Å². The van der Waals surface area contributed by atoms with Gasteiger partial charge in [-0.05, 0) is 31.4 Å². The number of hydrogen-bond acceptors (Lipinski definition) is 3. The van der Waals surface area contributed by atoms with Gasteiger partial charge in [-0.1, -0.05) is 23.7 Å². The Morgan fingerprint density at radius 2 is 2.16 bits per heavy atom. The van der Waals surface area contributed by atoms with Gasteiger partial charge in [0.15, 0.2) is 0 Å². The topological polar surface area (TPSA) is 74.7 Å². The van der Waals surface area contributed by atoms with Crippen LogP contribution in [0.1, 0.15) is 18.4 Å². The summed E-state index contributed by atoms with van der Waals surface area (Å²) < 4.78 is 26.0. The quantitative estimate of drug-likeness (QED) is 0.925. The summed E-state index contributed by atoms with van der Waals surface area (Å²) in [5.41, 5.74) is 0.647. The number of hydrogen-bond donors (Lipinski definition) is 1. The molecule has 0 aromatic heterocycles. The van der Waals surface area contributed by atoms with Crippen LogP contribution >= 0.6 is 11.6 Å². The summed E-state index contributed by atoms with van der Waals surface area (Å²) in [4.78, 5) is 11.1. The fraction of sp³-hybridized carbons (Fsp3) is 0.417. The molecular weight excluding hydrogens is 290 g/mol. The molecule has 1 aromatic rings. The zero-order chi connectivity index (χ0) is 14.2. The molecule has 0 amide bonds. The molecular formula is C12H14ClNO4S. The van der Waals surface area contributed by atoms with Crippen LogP contribution in [-0.2, 0) is 14.8 Å². The first-order valence-corrected chi connectivity index (χ1v) is 7.67. The summed E-state index contributed by atoms with van der Waals surface area (Å²) in [6.45, 7) is 1.92. The summed E-state index contributed by atoms with van der Waals surface area (Å²) in [7, 11) is -3.87. The molecule has 19 heavy (non-hydrogen) atoms. The molecule has 1 aromatic carbocycles. The van der Waals surface area contributed by atoms with Gasteiger partial charge in [-0.2, -0.15) is 4.31 Å². The van der Waals surface area contributed by atoms with Gasteiger partial charge in [-0.25, -0.2) is 8.42 Å². The summed E-state index contributed by atoms with van der Waals surface area (Å²) in [5, 5.41) is 9.23. The minimum Gasteiger partial charge on any atom is -0.480 e. The van der Waals surface area contributed by atoms with Gasteiger partial charge in [0, 0.05) is 6.54 Å². The number of benzene rings is 1. The van der Waals surface area contributed by atoms with E-state index < -0.39 is 22.0 Å². The number of aryl methyl sites for hydroxylation is 1. The Kier molecular flexibility index (Phi) is 3.85. The lowest BCUT2D eigenvalue weighted by Crippen LogP contribution is -2.40. The first-order valence-electron chi connectivity index (χ1n) is 5.85. The van der Waals surface area contributed by atoms with Crippen molar-refractivity contribution in [1.82, 2.24) is 4.31 Å². The molecule has 0 spiro atoms. The number of carboxylic acid groups (broad SMARTS) is 1. The zero-order valence-electron chi connectivity index (χ0n) is 10.3. The second-order valence-electron chi connectivity index (χ2n) is 4.50. The number of nitrogens with zero attached hydrogens (tertiary/aromatic N) is 1. The van der Waals surface area contributed by atoms with Crippen LogP contribution in [0.25, 0.3) is 0 Å². The molecule has 1 saturated heterocycles. The van der Waals surface area contributed by atoms with Crippen molar-refractivity contribution >= 4 is 27.6 Å². The number of carbonyl (C=O) groups is 1. The Bertz CT molecular complexity index is 614. The summed E-state index contributed by atoms with van der Waals surface area (Å²) >= 11 is 6.03. The smallest absolute Gasteiger partial charge is 0.322 e. The Hall–Kier alpha value is -1.11. The van der Waals surface area contributed by atoms with E-state index in [1.165, 1.54) is 6.07 Å². The van der Waals surface area contributed by atoms with Crippen molar-refractivity contribution in [3.63, 3.8) is 0 Å². The molecule has 1 aliphatic rings. The normalized spacial score (nSPS) is 20.6. The van der Waals surface area contributed by atoms with Crippen LogP contribution < -0.4 is 0 Å². The standard InChI is InChI=1S/C12H14ClNO4S/c1-8-4-2-6-10(11(8)13)19(17,18)14-7-3-5-9(14)12(15)16/h2,4,6,9H,3,5,7H2,1H3,(H,15,16)/t9-/m1/s1. The van der Waals surface area contributed by atoms with Gasteiger partial charge in [0.05, 0.1) is 5.02 Å². The zero-order valence-corrected chi connectivity index (χ0v) is 11.9. The van der Waals surface area contributed by atoms with Gasteiger partial charge >= 0.3 is 5.97 Å². The van der Waals surface area contributed by atoms with Crippen molar-refractivity contribution in [2.75, 3.05) is 6.54 Å². The van der Waals surface area contributed by atoms with Crippen LogP contribution in [0.4, 0.5) is 0 Å². The van der Waals surface area contributed by atoms with E-state index in [-0.39, 0.29) is 16.5 Å². The molecule has 1 fully saturated rings. The maximum Gasteiger partial charge on any atom is 0.322 e. The average Bonchev–Trinajstić information content (AvgIpc) is 2.82. The molecule has 7 heteroatoms. The molecule has 1 N–H and O–H groups in total. The fourth-order valence-electron chi connectivity index (χ4n) is 2.22. The maximum atomic E-state index is 12.5. The highest BCUT2D eigenvalue weighted by atomic mass is 35.5. The van der Waals surface area contributed by atoms with Gasteiger partial charge in [-0.3, -0.25) is 4.79 Å². The van der Waals surface area contributed by atoms with Crippen LogP contribution in [0.3, 0.4) is 0 Å². The predicted octanol–water partition coefficient (Wildman–Crippen LogP) is 1.89. The van der Waals surface area contributed by atoms with E-state index in [0.717, 1.165) is 4.31 Å². The van der Waals surface area contributed by atoms with Gasteiger partial charge in [0.1, 0.15) is 10.9 Å². The monoisotopic (exact) mass is 303 g/mol. The molecule has 5 nitrogen and oxygen atoms in total. The molecule has 1 aliphatic heterocycles. The van der Waals surface area contributed by atoms with Crippen LogP contribution in [-0.4, -0.2) is 36.4 Å². The van der Waals surface area contributed by atoms with E-state index >= 15 is 0 Å². The van der Waals surface area contributed by atoms with E-state index in [4.69, 9.17) is 16.7 Å². The van der Waals surface area contributed by atoms with E-state index in [1.807, 2.05) is 0 Å². The highest BCUT2D eigenvalue weighted by Gasteiger charge is 2.40. The van der Waals surface area contributed by atoms with Crippen molar-refractivity contribution in [3.8, 4) is 0 Å². The Balaban J connectivity index is 2.48. The van der Waals surface area contributed by atoms with Crippen molar-refractivity contribution < 1.29 is 18.3 Å². The number of sulfonamides is 1. The minimum absolute atomic E-state index is 0.0256. The molecule has 1 heterocycles. The third kappa shape index (κ3) is 2.48. The lowest BCUT2D eigenvalue weighted by molar-refractivity contribution is -0.140. The average molecular weight is 304 g/mol. The summed E-state index contributed by atoms with van der Waals surface area (Å²) in [6.07, 6.45) is 0.873. The van der Waals surface area contributed by atoms with Crippen LogP contribution in [0.15, 0.2) is 23.1 Å². The Labute approximate surface area is 116 Å². The highest BCUT2D eigenvalue weighted by Crippen LogP contribution is 2.31. The number of aliphatic carboxylic acids is 1. The number of carboxylic acids is 1. The predicted molar refractivity (Wildman–Crippen MR) is 70.7 cm³/mol. The highest BCUT2D eigenvalue weighted by molar-refractivity contribution is 7.89. The number of halogens is 1. The molecule has 0 saturated carbocycles. The van der Waals surface area contributed by atoms with Gasteiger partial charge in [0.2, 0.25) is 10.0 Å². The minimum atomic E-state index is -3.87. The summed E-state index contributed by atoms with van der Waals surface area (Å²) in [5.74, 6) is -1.12. The second kappa shape index (κ2) is 5.11. The van der Waals surface area contributed by atoms with E-state index in [2.05, 4.69) is 0 Å². The fourth-order valence-corrected chi connectivity index (χ4v) is 4.43. The van der Waals surface area contributed by atoms with Crippen molar-refractivity contribution in [1.29, 1.82) is 0 Å². The first-order chi connectivity index (χ1) is 8.85. The Morgan fingerprint density at radius 3 is 2.79 bits per heavy atom. The first kappa shape index (κ1) is 14.3. The Morgan fingerprint density at radius 1 is 1.47 bits per heavy atom. The molecule has 0 aliphatic carbocycles.